The molecule has 0 amide bonds. The van der Waals surface area contributed by atoms with Crippen LogP contribution in [0.2, 0.25) is 0 Å². The van der Waals surface area contributed by atoms with Gasteiger partial charge in [-0.05, 0) is 156 Å². The molecule has 0 heteroatoms. The minimum Gasteiger partial charge on any atom is -0.0587 e. The summed E-state index contributed by atoms with van der Waals surface area (Å²) in [5.74, 6) is 5.19. The Morgan fingerprint density at radius 3 is 1.08 bits per heavy atom. The van der Waals surface area contributed by atoms with Gasteiger partial charge in [0.2, 0.25) is 0 Å². The van der Waals surface area contributed by atoms with Crippen molar-refractivity contribution in [3.63, 3.8) is 0 Å². The Labute approximate surface area is 232 Å². The summed E-state index contributed by atoms with van der Waals surface area (Å²) >= 11 is 0. The van der Waals surface area contributed by atoms with Crippen molar-refractivity contribution in [2.75, 3.05) is 0 Å². The molecule has 0 spiro atoms. The summed E-state index contributed by atoms with van der Waals surface area (Å²) in [6.07, 6.45) is 18.3. The molecule has 0 nitrogen and oxygen atoms in total. The van der Waals surface area contributed by atoms with Crippen molar-refractivity contribution in [1.29, 1.82) is 0 Å². The molecule has 202 valence electrons. The Kier molecular flexibility index (Phi) is 5.11. The summed E-state index contributed by atoms with van der Waals surface area (Å²) < 4.78 is 0. The van der Waals surface area contributed by atoms with Gasteiger partial charge in [0, 0.05) is 0 Å². The van der Waals surface area contributed by atoms with Crippen molar-refractivity contribution < 1.29 is 0 Å². The molecule has 4 unspecified atom stereocenters. The molecule has 0 saturated heterocycles. The van der Waals surface area contributed by atoms with E-state index in [1.165, 1.54) is 49.7 Å². The molecule has 2 aromatic rings. The predicted octanol–water partition coefficient (Wildman–Crippen LogP) is 10.3. The second-order valence-electron chi connectivity index (χ2n) is 16.6. The first-order valence-corrected chi connectivity index (χ1v) is 16.4. The third-order valence-corrected chi connectivity index (χ3v) is 13.6. The average Bonchev–Trinajstić information content (AvgIpc) is 2.87. The van der Waals surface area contributed by atoms with E-state index in [2.05, 4.69) is 76.2 Å². The Morgan fingerprint density at radius 2 is 0.789 bits per heavy atom. The number of hydrogen-bond acceptors (Lipinski definition) is 0. The van der Waals surface area contributed by atoms with Gasteiger partial charge in [-0.25, -0.2) is 0 Å². The van der Waals surface area contributed by atoms with E-state index in [9.17, 15) is 0 Å². The summed E-state index contributed by atoms with van der Waals surface area (Å²) in [7, 11) is 0. The smallest absolute Gasteiger partial charge is 0.00362 e. The van der Waals surface area contributed by atoms with Crippen molar-refractivity contribution in [2.24, 2.45) is 34.5 Å². The highest BCUT2D eigenvalue weighted by Gasteiger charge is 2.70. The Bertz CT molecular complexity index is 1080. The first-order chi connectivity index (χ1) is 18.2. The normalized spacial score (nSPS) is 44.5. The van der Waals surface area contributed by atoms with Crippen LogP contribution >= 0.6 is 0 Å². The Balaban J connectivity index is 1.18. The van der Waals surface area contributed by atoms with E-state index >= 15 is 0 Å². The van der Waals surface area contributed by atoms with E-state index in [4.69, 9.17) is 0 Å². The molecule has 0 N–H and O–H groups in total. The molecule has 0 heterocycles. The molecule has 8 bridgehead atoms. The van der Waals surface area contributed by atoms with Crippen LogP contribution < -0.4 is 0 Å². The monoisotopic (exact) mass is 506 g/mol. The molecule has 0 aliphatic heterocycles. The lowest BCUT2D eigenvalue weighted by molar-refractivity contribution is -0.212. The molecule has 0 aromatic heterocycles. The van der Waals surface area contributed by atoms with Gasteiger partial charge in [-0.15, -0.1) is 0 Å². The maximum absolute atomic E-state index is 2.58. The van der Waals surface area contributed by atoms with Crippen molar-refractivity contribution in [3.05, 3.63) is 70.8 Å². The minimum absolute atomic E-state index is 0.467. The standard InChI is InChI=1S/C38H50/c1-25(2)31-5-9-33(10-6-31)35-15-27-13-28(16-35)20-37(19-27,23-35)38-21-29-14-30(22-38)18-36(17-29,24-38)34-11-7-32(8-12-34)26(3)4/h5-12,25-30H,13-24H2,1-4H3. The van der Waals surface area contributed by atoms with Gasteiger partial charge >= 0.3 is 0 Å². The van der Waals surface area contributed by atoms with Crippen molar-refractivity contribution in [1.82, 2.24) is 0 Å². The van der Waals surface area contributed by atoms with E-state index in [1.807, 2.05) is 0 Å². The van der Waals surface area contributed by atoms with Crippen LogP contribution in [0.1, 0.15) is 139 Å². The lowest BCUT2D eigenvalue weighted by atomic mass is 9.30. The fraction of sp³-hybridized carbons (Fsp3) is 0.684. The zero-order valence-electron chi connectivity index (χ0n) is 24.6. The van der Waals surface area contributed by atoms with E-state index in [-0.39, 0.29) is 0 Å². The topological polar surface area (TPSA) is 0 Å². The Morgan fingerprint density at radius 1 is 0.474 bits per heavy atom. The molecular weight excluding hydrogens is 456 g/mol. The first-order valence-electron chi connectivity index (χ1n) is 16.4. The van der Waals surface area contributed by atoms with Crippen LogP contribution in [0.15, 0.2) is 48.5 Å². The van der Waals surface area contributed by atoms with Gasteiger partial charge in [0.25, 0.3) is 0 Å². The van der Waals surface area contributed by atoms with Gasteiger partial charge in [-0.1, -0.05) is 76.2 Å². The minimum atomic E-state index is 0.467. The number of benzene rings is 2. The zero-order chi connectivity index (χ0) is 25.9. The summed E-state index contributed by atoms with van der Waals surface area (Å²) in [4.78, 5) is 0. The van der Waals surface area contributed by atoms with Crippen molar-refractivity contribution >= 4 is 0 Å². The van der Waals surface area contributed by atoms with Crippen LogP contribution in [-0.2, 0) is 10.8 Å². The molecule has 8 saturated carbocycles. The fourth-order valence-electron chi connectivity index (χ4n) is 12.9. The van der Waals surface area contributed by atoms with Gasteiger partial charge in [0.15, 0.2) is 0 Å². The molecule has 0 radical (unpaired) electrons. The van der Waals surface area contributed by atoms with Gasteiger partial charge in [-0.3, -0.25) is 0 Å². The van der Waals surface area contributed by atoms with E-state index < -0.39 is 0 Å². The van der Waals surface area contributed by atoms with Gasteiger partial charge in [0.05, 0.1) is 0 Å². The molecule has 8 fully saturated rings. The molecule has 8 aliphatic rings. The lowest BCUT2D eigenvalue weighted by Crippen LogP contribution is -2.66. The van der Waals surface area contributed by atoms with Gasteiger partial charge < -0.3 is 0 Å². The second kappa shape index (κ2) is 8.01. The molecule has 2 aromatic carbocycles. The summed E-state index contributed by atoms with van der Waals surface area (Å²) in [6.45, 7) is 9.36. The van der Waals surface area contributed by atoms with E-state index in [0.717, 1.165) is 23.7 Å². The molecule has 10 rings (SSSR count). The highest BCUT2D eigenvalue weighted by molar-refractivity contribution is 5.38. The predicted molar refractivity (Wildman–Crippen MR) is 159 cm³/mol. The van der Waals surface area contributed by atoms with Gasteiger partial charge in [-0.2, -0.15) is 0 Å². The maximum atomic E-state index is 2.58. The molecule has 8 aliphatic carbocycles. The van der Waals surface area contributed by atoms with Crippen LogP contribution in [0, 0.1) is 34.5 Å². The van der Waals surface area contributed by atoms with E-state index in [0.29, 0.717) is 33.5 Å². The van der Waals surface area contributed by atoms with Crippen LogP contribution in [0.5, 0.6) is 0 Å². The molecular formula is C38H50. The fourth-order valence-corrected chi connectivity index (χ4v) is 12.9. The zero-order valence-corrected chi connectivity index (χ0v) is 24.6. The lowest BCUT2D eigenvalue weighted by Gasteiger charge is -2.74. The van der Waals surface area contributed by atoms with Crippen LogP contribution in [0.4, 0.5) is 0 Å². The first kappa shape index (κ1) is 24.3. The quantitative estimate of drug-likeness (QED) is 0.378. The summed E-state index contributed by atoms with van der Waals surface area (Å²) in [5, 5.41) is 0. The highest BCUT2D eigenvalue weighted by Crippen LogP contribution is 2.78. The average molecular weight is 507 g/mol. The number of hydrogen-bond donors (Lipinski definition) is 0. The highest BCUT2D eigenvalue weighted by atomic mass is 14.7. The van der Waals surface area contributed by atoms with E-state index in [1.54, 1.807) is 49.7 Å². The largest absolute Gasteiger partial charge is 0.0587 e. The third kappa shape index (κ3) is 3.34. The SMILES string of the molecule is CC(C)c1ccc(C23CC4CC(C2)CC(C25CC6CC(CC(c7ccc(C(C)C)cc7)(C6)C2)C5)(C4)C3)cc1. The van der Waals surface area contributed by atoms with Crippen LogP contribution in [-0.4, -0.2) is 0 Å². The molecule has 38 heavy (non-hydrogen) atoms. The second-order valence-corrected chi connectivity index (χ2v) is 16.6. The summed E-state index contributed by atoms with van der Waals surface area (Å²) in [6, 6.07) is 20.2. The van der Waals surface area contributed by atoms with Crippen molar-refractivity contribution in [2.45, 2.75) is 127 Å². The Hall–Kier alpha value is -1.56. The summed E-state index contributed by atoms with van der Waals surface area (Å²) in [5.41, 5.74) is 8.60. The van der Waals surface area contributed by atoms with Crippen LogP contribution in [0.3, 0.4) is 0 Å². The maximum Gasteiger partial charge on any atom is -0.00362 e. The third-order valence-electron chi connectivity index (χ3n) is 13.6. The molecule has 4 atom stereocenters. The van der Waals surface area contributed by atoms with Crippen LogP contribution in [0.25, 0.3) is 0 Å². The number of rotatable bonds is 5. The van der Waals surface area contributed by atoms with Crippen molar-refractivity contribution in [3.8, 4) is 0 Å². The van der Waals surface area contributed by atoms with Gasteiger partial charge in [0.1, 0.15) is 0 Å².